The average molecular weight is 381 g/mol. The maximum atomic E-state index is 13.5. The van der Waals surface area contributed by atoms with Crippen LogP contribution >= 0.6 is 0 Å². The number of fused-ring (bicyclic) bond motifs is 1. The molecular formula is C18H25F2N5O2. The van der Waals surface area contributed by atoms with E-state index in [1.165, 1.54) is 12.4 Å². The maximum Gasteiger partial charge on any atom is 0.254 e. The number of nitrogens with one attached hydrogen (secondary N) is 2. The zero-order valence-corrected chi connectivity index (χ0v) is 15.2. The number of piperidine rings is 2. The Morgan fingerprint density at radius 1 is 1.19 bits per heavy atom. The number of carbonyl (C=O) groups is 2. The molecule has 4 heterocycles. The number of hydrogen-bond acceptors (Lipinski definition) is 4. The van der Waals surface area contributed by atoms with Crippen LogP contribution in [0.5, 0.6) is 0 Å². The molecule has 2 atom stereocenters. The van der Waals surface area contributed by atoms with Gasteiger partial charge in [-0.15, -0.1) is 0 Å². The first-order chi connectivity index (χ1) is 12.9. The van der Waals surface area contributed by atoms with Crippen LogP contribution in [0, 0.1) is 0 Å². The van der Waals surface area contributed by atoms with E-state index in [1.54, 1.807) is 4.90 Å². The van der Waals surface area contributed by atoms with Crippen molar-refractivity contribution in [1.82, 2.24) is 25.3 Å². The first-order valence-corrected chi connectivity index (χ1v) is 9.62. The second-order valence-corrected chi connectivity index (χ2v) is 7.94. The molecule has 3 fully saturated rings. The van der Waals surface area contributed by atoms with Gasteiger partial charge in [0.25, 0.3) is 11.8 Å². The molecule has 0 saturated carbocycles. The fourth-order valence-electron chi connectivity index (χ4n) is 4.73. The van der Waals surface area contributed by atoms with Crippen molar-refractivity contribution in [3.63, 3.8) is 0 Å². The van der Waals surface area contributed by atoms with Crippen LogP contribution in [-0.4, -0.2) is 75.5 Å². The summed E-state index contributed by atoms with van der Waals surface area (Å²) < 4.78 is 27.0. The lowest BCUT2D eigenvalue weighted by molar-refractivity contribution is -0.150. The highest BCUT2D eigenvalue weighted by molar-refractivity contribution is 5.94. The molecule has 0 spiro atoms. The van der Waals surface area contributed by atoms with Gasteiger partial charge in [-0.3, -0.25) is 19.6 Å². The highest BCUT2D eigenvalue weighted by Gasteiger charge is 2.54. The molecule has 0 unspecified atom stereocenters. The van der Waals surface area contributed by atoms with Gasteiger partial charge in [-0.05, 0) is 32.2 Å². The number of H-pyrrole nitrogens is 1. The minimum Gasteiger partial charge on any atom is -0.348 e. The molecule has 7 nitrogen and oxygen atoms in total. The summed E-state index contributed by atoms with van der Waals surface area (Å²) in [6, 6.07) is -0.138. The normalized spacial score (nSPS) is 30.7. The Morgan fingerprint density at radius 2 is 1.96 bits per heavy atom. The van der Waals surface area contributed by atoms with Gasteiger partial charge in [0.05, 0.1) is 11.8 Å². The van der Waals surface area contributed by atoms with Gasteiger partial charge in [0.1, 0.15) is 5.54 Å². The number of hydrogen-bond donors (Lipinski definition) is 2. The van der Waals surface area contributed by atoms with Crippen molar-refractivity contribution >= 4 is 11.8 Å². The van der Waals surface area contributed by atoms with Crippen molar-refractivity contribution in [2.75, 3.05) is 26.2 Å². The Labute approximate surface area is 156 Å². The van der Waals surface area contributed by atoms with Crippen LogP contribution in [0.15, 0.2) is 12.4 Å². The first-order valence-electron chi connectivity index (χ1n) is 9.62. The topological polar surface area (TPSA) is 81.3 Å². The molecule has 0 aromatic carbocycles. The summed E-state index contributed by atoms with van der Waals surface area (Å²) in [4.78, 5) is 29.5. The van der Waals surface area contributed by atoms with Crippen LogP contribution in [0.4, 0.5) is 8.78 Å². The van der Waals surface area contributed by atoms with E-state index in [-0.39, 0.29) is 43.8 Å². The van der Waals surface area contributed by atoms with Crippen LogP contribution in [0.2, 0.25) is 0 Å². The lowest BCUT2D eigenvalue weighted by Gasteiger charge is -2.45. The number of rotatable bonds is 3. The molecular weight excluding hydrogens is 356 g/mol. The molecule has 3 aliphatic rings. The van der Waals surface area contributed by atoms with Crippen LogP contribution < -0.4 is 5.32 Å². The summed E-state index contributed by atoms with van der Waals surface area (Å²) in [6.07, 6.45) is 5.66. The van der Waals surface area contributed by atoms with Crippen molar-refractivity contribution in [3.8, 4) is 0 Å². The molecule has 1 aromatic rings. The van der Waals surface area contributed by atoms with Gasteiger partial charge >= 0.3 is 0 Å². The van der Waals surface area contributed by atoms with Gasteiger partial charge in [0, 0.05) is 44.7 Å². The van der Waals surface area contributed by atoms with Crippen molar-refractivity contribution in [1.29, 1.82) is 0 Å². The number of nitrogens with zero attached hydrogens (tertiary/aromatic N) is 3. The fraction of sp³-hybridized carbons (Fsp3) is 0.722. The number of aromatic nitrogens is 2. The molecule has 0 radical (unpaired) electrons. The monoisotopic (exact) mass is 381 g/mol. The number of halogens is 2. The zero-order chi connectivity index (χ0) is 19.1. The molecule has 27 heavy (non-hydrogen) atoms. The third kappa shape index (κ3) is 3.44. The minimum atomic E-state index is -2.67. The van der Waals surface area contributed by atoms with Crippen molar-refractivity contribution in [2.24, 2.45) is 0 Å². The lowest BCUT2D eigenvalue weighted by atomic mass is 9.83. The summed E-state index contributed by atoms with van der Waals surface area (Å²) >= 11 is 0. The third-order valence-corrected chi connectivity index (χ3v) is 6.17. The summed E-state index contributed by atoms with van der Waals surface area (Å²) in [5.41, 5.74) is -0.210. The summed E-state index contributed by atoms with van der Waals surface area (Å²) in [7, 11) is 0. The van der Waals surface area contributed by atoms with Crippen LogP contribution in [0.1, 0.15) is 48.9 Å². The van der Waals surface area contributed by atoms with E-state index in [2.05, 4.69) is 20.4 Å². The molecule has 148 valence electrons. The van der Waals surface area contributed by atoms with E-state index >= 15 is 0 Å². The molecule has 3 aliphatic heterocycles. The number of aromatic amines is 1. The molecule has 2 amide bonds. The number of carbonyl (C=O) groups excluding carboxylic acids is 2. The first kappa shape index (κ1) is 18.3. The average Bonchev–Trinajstić information content (AvgIpc) is 3.29. The van der Waals surface area contributed by atoms with E-state index < -0.39 is 11.5 Å². The van der Waals surface area contributed by atoms with Crippen molar-refractivity contribution in [3.05, 3.63) is 18.0 Å². The predicted octanol–water partition coefficient (Wildman–Crippen LogP) is 1.39. The molecule has 3 saturated heterocycles. The van der Waals surface area contributed by atoms with E-state index in [0.29, 0.717) is 18.5 Å². The standard InChI is InChI=1S/C18H25F2N5O2/c19-18(20)4-7-24(8-5-18)16(27)17-3-1-2-6-25(17)12-14(9-17)23-15(26)13-10-21-22-11-13/h10-11,14H,1-9,12H2,(H,21,22)(H,23,26)/t14-,17-/m0/s1. The second-order valence-electron chi connectivity index (χ2n) is 7.94. The highest BCUT2D eigenvalue weighted by atomic mass is 19.3. The Morgan fingerprint density at radius 3 is 2.67 bits per heavy atom. The molecule has 9 heteroatoms. The lowest BCUT2D eigenvalue weighted by Crippen LogP contribution is -2.60. The van der Waals surface area contributed by atoms with Gasteiger partial charge in [0.2, 0.25) is 5.91 Å². The summed E-state index contributed by atoms with van der Waals surface area (Å²) in [5, 5.41) is 9.41. The quantitative estimate of drug-likeness (QED) is 0.829. The molecule has 0 bridgehead atoms. The van der Waals surface area contributed by atoms with E-state index in [4.69, 9.17) is 0 Å². The fourth-order valence-corrected chi connectivity index (χ4v) is 4.73. The Balaban J connectivity index is 1.47. The van der Waals surface area contributed by atoms with Gasteiger partial charge in [-0.1, -0.05) is 0 Å². The Hall–Kier alpha value is -2.03. The summed E-state index contributed by atoms with van der Waals surface area (Å²) in [6.45, 7) is 1.62. The van der Waals surface area contributed by atoms with E-state index in [0.717, 1.165) is 25.8 Å². The number of amides is 2. The second kappa shape index (κ2) is 6.85. The minimum absolute atomic E-state index is 0.0437. The van der Waals surface area contributed by atoms with Crippen molar-refractivity contribution < 1.29 is 18.4 Å². The maximum absolute atomic E-state index is 13.5. The van der Waals surface area contributed by atoms with Gasteiger partial charge in [0.15, 0.2) is 0 Å². The molecule has 4 rings (SSSR count). The third-order valence-electron chi connectivity index (χ3n) is 6.17. The molecule has 2 N–H and O–H groups in total. The van der Waals surface area contributed by atoms with Gasteiger partial charge in [-0.25, -0.2) is 8.78 Å². The molecule has 0 aliphatic carbocycles. The van der Waals surface area contributed by atoms with Gasteiger partial charge < -0.3 is 10.2 Å². The van der Waals surface area contributed by atoms with E-state index in [1.807, 2.05) is 0 Å². The van der Waals surface area contributed by atoms with Crippen LogP contribution in [-0.2, 0) is 4.79 Å². The Kier molecular flexibility index (Phi) is 4.65. The van der Waals surface area contributed by atoms with Crippen LogP contribution in [0.3, 0.4) is 0 Å². The smallest absolute Gasteiger partial charge is 0.254 e. The molecule has 1 aromatic heterocycles. The van der Waals surface area contributed by atoms with E-state index in [9.17, 15) is 18.4 Å². The Bertz CT molecular complexity index is 701. The summed E-state index contributed by atoms with van der Waals surface area (Å²) in [5.74, 6) is -2.93. The van der Waals surface area contributed by atoms with Gasteiger partial charge in [-0.2, -0.15) is 5.10 Å². The highest BCUT2D eigenvalue weighted by Crippen LogP contribution is 2.40. The zero-order valence-electron chi connectivity index (χ0n) is 15.2. The number of likely N-dealkylation sites (tertiary alicyclic amines) is 1. The van der Waals surface area contributed by atoms with Crippen LogP contribution in [0.25, 0.3) is 0 Å². The van der Waals surface area contributed by atoms with Crippen molar-refractivity contribution in [2.45, 2.75) is 56.0 Å². The number of alkyl halides is 2. The SMILES string of the molecule is O=C(N[C@@H]1CN2CCCC[C@@]2(C(=O)N2CCC(F)(F)CC2)C1)c1cn[nH]c1. The predicted molar refractivity (Wildman–Crippen MR) is 93.4 cm³/mol. The largest absolute Gasteiger partial charge is 0.348 e.